The molecule has 0 unspecified atom stereocenters. The smallest absolute Gasteiger partial charge is 0.176 e. The lowest BCUT2D eigenvalue weighted by Crippen LogP contribution is -1.86. The van der Waals surface area contributed by atoms with Crippen LogP contribution >= 0.6 is 11.3 Å². The third-order valence-electron chi connectivity index (χ3n) is 1.53. The fourth-order valence-electron chi connectivity index (χ4n) is 0.970. The van der Waals surface area contributed by atoms with Gasteiger partial charge in [0.2, 0.25) is 0 Å². The van der Waals surface area contributed by atoms with Gasteiger partial charge in [-0.1, -0.05) is 6.07 Å². The minimum Gasteiger partial charge on any atom is -0.324 e. The number of hydrogen-bond acceptors (Lipinski definition) is 2. The Morgan fingerprint density at radius 2 is 2.55 bits per heavy atom. The summed E-state index contributed by atoms with van der Waals surface area (Å²) in [6.45, 7) is 0. The minimum atomic E-state index is 1.12. The molecule has 0 aliphatic carbocycles. The van der Waals surface area contributed by atoms with Crippen molar-refractivity contribution in [3.63, 3.8) is 0 Å². The van der Waals surface area contributed by atoms with Crippen LogP contribution in [0.25, 0.3) is 10.6 Å². The molecule has 0 atom stereocenters. The molecule has 2 nitrogen and oxygen atoms in total. The monoisotopic (exact) mass is 163 g/mol. The molecule has 2 rings (SSSR count). The third-order valence-corrected chi connectivity index (χ3v) is 2.42. The lowest BCUT2D eigenvalue weighted by Gasteiger charge is -1.94. The molecule has 0 saturated carbocycles. The summed E-state index contributed by atoms with van der Waals surface area (Å²) in [6.07, 6.45) is 4.66. The summed E-state index contributed by atoms with van der Waals surface area (Å²) in [6, 6.07) is 4.11. The molecule has 0 aliphatic rings. The quantitative estimate of drug-likeness (QED) is 0.628. The first-order chi connectivity index (χ1) is 5.38. The second kappa shape index (κ2) is 2.51. The molecule has 3 heteroatoms. The molecule has 0 aliphatic heterocycles. The third kappa shape index (κ3) is 1.07. The lowest BCUT2D eigenvalue weighted by molar-refractivity contribution is 0.912. The molecule has 0 amide bonds. The van der Waals surface area contributed by atoms with Crippen LogP contribution in [0.4, 0.5) is 0 Å². The molecule has 11 heavy (non-hydrogen) atoms. The normalized spacial score (nSPS) is 10.3. The zero-order chi connectivity index (χ0) is 7.68. The van der Waals surface area contributed by atoms with E-state index in [4.69, 9.17) is 0 Å². The molecule has 0 spiro atoms. The van der Waals surface area contributed by atoms with Crippen LogP contribution in [0, 0.1) is 6.33 Å². The van der Waals surface area contributed by atoms with E-state index in [2.05, 4.69) is 22.8 Å². The predicted octanol–water partition coefficient (Wildman–Crippen LogP) is 1.95. The van der Waals surface area contributed by atoms with E-state index in [9.17, 15) is 0 Å². The Labute approximate surface area is 69.1 Å². The van der Waals surface area contributed by atoms with E-state index in [1.165, 1.54) is 4.88 Å². The van der Waals surface area contributed by atoms with Gasteiger partial charge in [0.15, 0.2) is 6.33 Å². The van der Waals surface area contributed by atoms with Gasteiger partial charge in [-0.25, -0.2) is 4.98 Å². The molecule has 0 bridgehead atoms. The number of nitrogens with zero attached hydrogens (tertiary/aromatic N) is 2. The van der Waals surface area contributed by atoms with Crippen molar-refractivity contribution >= 4 is 11.3 Å². The standard InChI is InChI=1S/C8H7N2S/c1-10-6-9-5-7(10)8-3-2-4-11-8/h2-5H,1H3. The van der Waals surface area contributed by atoms with Gasteiger partial charge in [-0.3, -0.25) is 0 Å². The fraction of sp³-hybridized carbons (Fsp3) is 0.125. The second-order valence-electron chi connectivity index (χ2n) is 2.28. The second-order valence-corrected chi connectivity index (χ2v) is 3.23. The number of imidazole rings is 1. The molecule has 0 N–H and O–H groups in total. The van der Waals surface area contributed by atoms with Crippen LogP contribution in [0.5, 0.6) is 0 Å². The number of hydrogen-bond donors (Lipinski definition) is 0. The largest absolute Gasteiger partial charge is 0.324 e. The van der Waals surface area contributed by atoms with E-state index in [0.29, 0.717) is 0 Å². The molecule has 55 valence electrons. The van der Waals surface area contributed by atoms with Gasteiger partial charge in [0, 0.05) is 7.05 Å². The van der Waals surface area contributed by atoms with Crippen LogP contribution in [0.15, 0.2) is 23.7 Å². The van der Waals surface area contributed by atoms with E-state index >= 15 is 0 Å². The van der Waals surface area contributed by atoms with Crippen molar-refractivity contribution in [1.29, 1.82) is 0 Å². The van der Waals surface area contributed by atoms with E-state index in [1.54, 1.807) is 11.3 Å². The summed E-state index contributed by atoms with van der Waals surface area (Å²) >= 11 is 1.71. The van der Waals surface area contributed by atoms with Crippen LogP contribution in [0.2, 0.25) is 0 Å². The van der Waals surface area contributed by atoms with Crippen LogP contribution in [0.3, 0.4) is 0 Å². The Morgan fingerprint density at radius 1 is 1.64 bits per heavy atom. The highest BCUT2D eigenvalue weighted by molar-refractivity contribution is 7.13. The minimum absolute atomic E-state index is 1.12. The van der Waals surface area contributed by atoms with E-state index in [-0.39, 0.29) is 0 Å². The summed E-state index contributed by atoms with van der Waals surface area (Å²) in [5.74, 6) is 0. The Hall–Kier alpha value is -1.09. The molecule has 2 aromatic heterocycles. The van der Waals surface area contributed by atoms with Crippen molar-refractivity contribution in [2.24, 2.45) is 7.05 Å². The highest BCUT2D eigenvalue weighted by Gasteiger charge is 2.01. The average Bonchev–Trinajstić information content (AvgIpc) is 2.55. The van der Waals surface area contributed by atoms with Crippen molar-refractivity contribution < 1.29 is 0 Å². The maximum atomic E-state index is 3.92. The van der Waals surface area contributed by atoms with Crippen molar-refractivity contribution in [2.45, 2.75) is 0 Å². The predicted molar refractivity (Wildman–Crippen MR) is 45.4 cm³/mol. The van der Waals surface area contributed by atoms with Crippen LogP contribution in [0.1, 0.15) is 0 Å². The van der Waals surface area contributed by atoms with Crippen molar-refractivity contribution in [3.8, 4) is 10.6 Å². The van der Waals surface area contributed by atoms with Gasteiger partial charge in [-0.15, -0.1) is 11.3 Å². The van der Waals surface area contributed by atoms with Crippen molar-refractivity contribution in [2.75, 3.05) is 0 Å². The molecule has 0 fully saturated rings. The Morgan fingerprint density at radius 3 is 3.09 bits per heavy atom. The van der Waals surface area contributed by atoms with E-state index < -0.39 is 0 Å². The van der Waals surface area contributed by atoms with Crippen LogP contribution < -0.4 is 0 Å². The topological polar surface area (TPSA) is 17.8 Å². The first kappa shape index (κ1) is 6.61. The molecule has 0 aromatic carbocycles. The van der Waals surface area contributed by atoms with Gasteiger partial charge in [0.1, 0.15) is 0 Å². The first-order valence-corrected chi connectivity index (χ1v) is 4.19. The summed E-state index contributed by atoms with van der Waals surface area (Å²) in [7, 11) is 1.95. The molecular formula is C8H7N2S. The molecule has 1 radical (unpaired) electrons. The highest BCUT2D eigenvalue weighted by atomic mass is 32.1. The maximum Gasteiger partial charge on any atom is 0.176 e. The number of aromatic nitrogens is 2. The van der Waals surface area contributed by atoms with Gasteiger partial charge >= 0.3 is 0 Å². The zero-order valence-corrected chi connectivity index (χ0v) is 6.93. The summed E-state index contributed by atoms with van der Waals surface area (Å²) in [5.41, 5.74) is 1.12. The van der Waals surface area contributed by atoms with Gasteiger partial charge in [-0.05, 0) is 11.4 Å². The lowest BCUT2D eigenvalue weighted by atomic mass is 10.4. The molecule has 0 saturated heterocycles. The molecule has 2 aromatic rings. The Balaban J connectivity index is 2.53. The number of rotatable bonds is 1. The van der Waals surface area contributed by atoms with Crippen molar-refractivity contribution in [1.82, 2.24) is 9.55 Å². The Bertz CT molecular complexity index is 335. The zero-order valence-electron chi connectivity index (χ0n) is 6.11. The highest BCUT2D eigenvalue weighted by Crippen LogP contribution is 2.22. The summed E-state index contributed by atoms with van der Waals surface area (Å²) in [5, 5.41) is 2.06. The van der Waals surface area contributed by atoms with Crippen LogP contribution in [-0.2, 0) is 7.05 Å². The maximum absolute atomic E-state index is 3.92. The van der Waals surface area contributed by atoms with Gasteiger partial charge < -0.3 is 4.57 Å². The SMILES string of the molecule is Cn1[c]ncc1-c1cccs1. The first-order valence-electron chi connectivity index (χ1n) is 3.31. The van der Waals surface area contributed by atoms with Crippen molar-refractivity contribution in [3.05, 3.63) is 30.0 Å². The van der Waals surface area contributed by atoms with Gasteiger partial charge in [-0.2, -0.15) is 0 Å². The fourth-order valence-corrected chi connectivity index (χ4v) is 1.74. The molecule has 2 heterocycles. The average molecular weight is 163 g/mol. The van der Waals surface area contributed by atoms with E-state index in [0.717, 1.165) is 5.69 Å². The van der Waals surface area contributed by atoms with E-state index in [1.807, 2.05) is 23.9 Å². The van der Waals surface area contributed by atoms with Crippen LogP contribution in [-0.4, -0.2) is 9.55 Å². The molecular weight excluding hydrogens is 156 g/mol. The number of thiophene rings is 1. The summed E-state index contributed by atoms with van der Waals surface area (Å²) in [4.78, 5) is 5.16. The number of aryl methyl sites for hydroxylation is 1. The summed E-state index contributed by atoms with van der Waals surface area (Å²) < 4.78 is 1.89. The van der Waals surface area contributed by atoms with Gasteiger partial charge in [0.25, 0.3) is 0 Å². The van der Waals surface area contributed by atoms with Gasteiger partial charge in [0.05, 0.1) is 16.8 Å². The Kier molecular flexibility index (Phi) is 1.51.